The highest BCUT2D eigenvalue weighted by molar-refractivity contribution is 5.97. The molecule has 0 bridgehead atoms. The Kier molecular flexibility index (Phi) is 4.86. The van der Waals surface area contributed by atoms with Crippen molar-refractivity contribution in [2.24, 2.45) is 0 Å². The van der Waals surface area contributed by atoms with Crippen molar-refractivity contribution in [1.82, 2.24) is 0 Å². The molecule has 1 nitrogen and oxygen atoms in total. The highest BCUT2D eigenvalue weighted by Crippen LogP contribution is 2.31. The Hall–Kier alpha value is -4.36. The standard InChI is InChI=1S/C32H23N/c1-2-9-26-21-27(16-15-23(26)7-1)24-17-19-29(20-18-24)33-30-12-5-11-28(22-30)32-14-6-10-25-8-3-4-13-31(25)32/h1-22,33H. The summed E-state index contributed by atoms with van der Waals surface area (Å²) in [6.07, 6.45) is 0. The third kappa shape index (κ3) is 3.86. The van der Waals surface area contributed by atoms with E-state index in [0.29, 0.717) is 0 Å². The predicted molar refractivity (Wildman–Crippen MR) is 142 cm³/mol. The molecular weight excluding hydrogens is 398 g/mol. The third-order valence-corrected chi connectivity index (χ3v) is 6.22. The lowest BCUT2D eigenvalue weighted by Gasteiger charge is -2.11. The van der Waals surface area contributed by atoms with E-state index in [9.17, 15) is 0 Å². The average molecular weight is 422 g/mol. The quantitative estimate of drug-likeness (QED) is 0.299. The van der Waals surface area contributed by atoms with Gasteiger partial charge in [-0.05, 0) is 74.1 Å². The molecule has 1 N–H and O–H groups in total. The van der Waals surface area contributed by atoms with Crippen molar-refractivity contribution in [1.29, 1.82) is 0 Å². The summed E-state index contributed by atoms with van der Waals surface area (Å²) in [5, 5.41) is 8.64. The van der Waals surface area contributed by atoms with E-state index in [1.165, 1.54) is 43.8 Å². The molecule has 0 aliphatic rings. The Balaban J connectivity index is 1.27. The molecule has 0 amide bonds. The summed E-state index contributed by atoms with van der Waals surface area (Å²) in [7, 11) is 0. The largest absolute Gasteiger partial charge is 0.356 e. The molecule has 1 heteroatoms. The molecule has 0 saturated heterocycles. The fourth-order valence-electron chi connectivity index (χ4n) is 4.52. The van der Waals surface area contributed by atoms with Gasteiger partial charge in [-0.1, -0.05) is 103 Å². The lowest BCUT2D eigenvalue weighted by Crippen LogP contribution is -1.91. The van der Waals surface area contributed by atoms with E-state index in [-0.39, 0.29) is 0 Å². The second-order valence-electron chi connectivity index (χ2n) is 8.37. The summed E-state index contributed by atoms with van der Waals surface area (Å²) < 4.78 is 0. The summed E-state index contributed by atoms with van der Waals surface area (Å²) in [6, 6.07) is 47.4. The maximum Gasteiger partial charge on any atom is 0.0390 e. The van der Waals surface area contributed by atoms with E-state index < -0.39 is 0 Å². The van der Waals surface area contributed by atoms with Crippen LogP contribution < -0.4 is 5.32 Å². The van der Waals surface area contributed by atoms with Gasteiger partial charge < -0.3 is 5.32 Å². The van der Waals surface area contributed by atoms with Crippen LogP contribution in [-0.4, -0.2) is 0 Å². The van der Waals surface area contributed by atoms with Gasteiger partial charge in [0.25, 0.3) is 0 Å². The van der Waals surface area contributed by atoms with Gasteiger partial charge in [0.1, 0.15) is 0 Å². The van der Waals surface area contributed by atoms with Crippen molar-refractivity contribution >= 4 is 32.9 Å². The molecule has 156 valence electrons. The van der Waals surface area contributed by atoms with Crippen LogP contribution in [0.25, 0.3) is 43.8 Å². The Bertz CT molecular complexity index is 1570. The molecule has 0 heterocycles. The number of fused-ring (bicyclic) bond motifs is 2. The molecule has 6 aromatic rings. The van der Waals surface area contributed by atoms with Crippen LogP contribution in [0.5, 0.6) is 0 Å². The molecule has 0 unspecified atom stereocenters. The van der Waals surface area contributed by atoms with Crippen molar-refractivity contribution in [2.45, 2.75) is 0 Å². The fraction of sp³-hybridized carbons (Fsp3) is 0. The SMILES string of the molecule is c1cc(Nc2ccc(-c3ccc4ccccc4c3)cc2)cc(-c2cccc3ccccc23)c1. The Morgan fingerprint density at radius 3 is 1.94 bits per heavy atom. The number of anilines is 2. The first kappa shape index (κ1) is 19.3. The lowest BCUT2D eigenvalue weighted by atomic mass is 9.98. The van der Waals surface area contributed by atoms with Gasteiger partial charge in [0.15, 0.2) is 0 Å². The second kappa shape index (κ2) is 8.29. The second-order valence-corrected chi connectivity index (χ2v) is 8.37. The maximum absolute atomic E-state index is 3.57. The fourth-order valence-corrected chi connectivity index (χ4v) is 4.52. The van der Waals surface area contributed by atoms with Crippen LogP contribution in [0.15, 0.2) is 133 Å². The highest BCUT2D eigenvalue weighted by atomic mass is 14.9. The number of rotatable bonds is 4. The van der Waals surface area contributed by atoms with Crippen LogP contribution in [0.2, 0.25) is 0 Å². The van der Waals surface area contributed by atoms with Crippen LogP contribution in [0.3, 0.4) is 0 Å². The number of hydrogen-bond donors (Lipinski definition) is 1. The van der Waals surface area contributed by atoms with Crippen molar-refractivity contribution in [2.75, 3.05) is 5.32 Å². The Morgan fingerprint density at radius 2 is 1.06 bits per heavy atom. The van der Waals surface area contributed by atoms with Gasteiger partial charge in [-0.15, -0.1) is 0 Å². The molecule has 0 radical (unpaired) electrons. The molecule has 0 aliphatic carbocycles. The minimum Gasteiger partial charge on any atom is -0.356 e. The molecule has 0 aromatic heterocycles. The topological polar surface area (TPSA) is 12.0 Å². The van der Waals surface area contributed by atoms with Crippen molar-refractivity contribution < 1.29 is 0 Å². The number of benzene rings is 6. The molecule has 0 fully saturated rings. The van der Waals surface area contributed by atoms with E-state index in [1.807, 2.05) is 0 Å². The summed E-state index contributed by atoms with van der Waals surface area (Å²) >= 11 is 0. The highest BCUT2D eigenvalue weighted by Gasteiger charge is 2.05. The zero-order valence-electron chi connectivity index (χ0n) is 18.2. The zero-order valence-corrected chi connectivity index (χ0v) is 18.2. The Morgan fingerprint density at radius 1 is 0.364 bits per heavy atom. The van der Waals surface area contributed by atoms with E-state index in [0.717, 1.165) is 11.4 Å². The van der Waals surface area contributed by atoms with E-state index in [2.05, 4.69) is 139 Å². The Labute approximate surface area is 194 Å². The molecule has 33 heavy (non-hydrogen) atoms. The smallest absolute Gasteiger partial charge is 0.0390 e. The molecule has 0 atom stereocenters. The molecule has 6 aromatic carbocycles. The lowest BCUT2D eigenvalue weighted by molar-refractivity contribution is 1.54. The van der Waals surface area contributed by atoms with E-state index >= 15 is 0 Å². The van der Waals surface area contributed by atoms with E-state index in [1.54, 1.807) is 0 Å². The first-order valence-corrected chi connectivity index (χ1v) is 11.3. The van der Waals surface area contributed by atoms with Gasteiger partial charge in [0.05, 0.1) is 0 Å². The average Bonchev–Trinajstić information content (AvgIpc) is 2.89. The van der Waals surface area contributed by atoms with Crippen LogP contribution in [0.1, 0.15) is 0 Å². The van der Waals surface area contributed by atoms with Crippen LogP contribution in [-0.2, 0) is 0 Å². The van der Waals surface area contributed by atoms with Gasteiger partial charge in [0.2, 0.25) is 0 Å². The molecule has 0 aliphatic heterocycles. The first-order chi connectivity index (χ1) is 16.3. The summed E-state index contributed by atoms with van der Waals surface area (Å²) in [5.41, 5.74) is 7.08. The number of nitrogens with one attached hydrogen (secondary N) is 1. The number of hydrogen-bond acceptors (Lipinski definition) is 1. The minimum absolute atomic E-state index is 1.08. The van der Waals surface area contributed by atoms with Gasteiger partial charge in [-0.3, -0.25) is 0 Å². The normalized spacial score (nSPS) is 11.0. The van der Waals surface area contributed by atoms with Crippen LogP contribution in [0, 0.1) is 0 Å². The maximum atomic E-state index is 3.57. The monoisotopic (exact) mass is 421 g/mol. The van der Waals surface area contributed by atoms with Crippen molar-refractivity contribution in [3.05, 3.63) is 133 Å². The molecule has 0 spiro atoms. The zero-order chi connectivity index (χ0) is 22.0. The van der Waals surface area contributed by atoms with Crippen molar-refractivity contribution in [3.8, 4) is 22.3 Å². The minimum atomic E-state index is 1.08. The predicted octanol–water partition coefficient (Wildman–Crippen LogP) is 9.07. The van der Waals surface area contributed by atoms with Crippen LogP contribution in [0.4, 0.5) is 11.4 Å². The van der Waals surface area contributed by atoms with Crippen molar-refractivity contribution in [3.63, 3.8) is 0 Å². The van der Waals surface area contributed by atoms with Gasteiger partial charge >= 0.3 is 0 Å². The molecular formula is C32H23N. The third-order valence-electron chi connectivity index (χ3n) is 6.22. The van der Waals surface area contributed by atoms with Gasteiger partial charge in [-0.2, -0.15) is 0 Å². The van der Waals surface area contributed by atoms with Gasteiger partial charge in [0, 0.05) is 11.4 Å². The van der Waals surface area contributed by atoms with Gasteiger partial charge in [-0.25, -0.2) is 0 Å². The molecule has 0 saturated carbocycles. The first-order valence-electron chi connectivity index (χ1n) is 11.3. The summed E-state index contributed by atoms with van der Waals surface area (Å²) in [4.78, 5) is 0. The summed E-state index contributed by atoms with van der Waals surface area (Å²) in [5.74, 6) is 0. The summed E-state index contributed by atoms with van der Waals surface area (Å²) in [6.45, 7) is 0. The molecule has 6 rings (SSSR count). The van der Waals surface area contributed by atoms with Crippen LogP contribution >= 0.6 is 0 Å². The van der Waals surface area contributed by atoms with E-state index in [4.69, 9.17) is 0 Å².